The van der Waals surface area contributed by atoms with Crippen LogP contribution in [0.25, 0.3) is 0 Å². The number of benzene rings is 1. The molecule has 0 spiro atoms. The first kappa shape index (κ1) is 17.9. The molecule has 1 atom stereocenters. The summed E-state index contributed by atoms with van der Waals surface area (Å²) < 4.78 is 28.3. The lowest BCUT2D eigenvalue weighted by Crippen LogP contribution is -2.26. The molecule has 7 heteroatoms. The van der Waals surface area contributed by atoms with Crippen LogP contribution in [0, 0.1) is 12.8 Å². The quantitative estimate of drug-likeness (QED) is 0.867. The van der Waals surface area contributed by atoms with Crippen LogP contribution >= 0.6 is 0 Å². The molecule has 0 aliphatic heterocycles. The van der Waals surface area contributed by atoms with Gasteiger partial charge < -0.3 is 10.1 Å². The molecule has 2 rings (SSSR count). The number of amides is 1. The smallest absolute Gasteiger partial charge is 0.228 e. The molecule has 1 N–H and O–H groups in total. The van der Waals surface area contributed by atoms with Crippen molar-refractivity contribution < 1.29 is 17.9 Å². The van der Waals surface area contributed by atoms with Crippen molar-refractivity contribution in [3.8, 4) is 11.5 Å². The van der Waals surface area contributed by atoms with Crippen molar-refractivity contribution in [2.24, 2.45) is 5.92 Å². The van der Waals surface area contributed by atoms with Crippen LogP contribution in [0.5, 0.6) is 11.5 Å². The molecule has 1 amide bonds. The average Bonchev–Trinajstić information content (AvgIpc) is 2.49. The number of nitrogens with one attached hydrogen (secondary N) is 1. The summed E-state index contributed by atoms with van der Waals surface area (Å²) in [6.07, 6.45) is 4.40. The minimum Gasteiger partial charge on any atom is -0.457 e. The van der Waals surface area contributed by atoms with Crippen molar-refractivity contribution in [1.29, 1.82) is 0 Å². The van der Waals surface area contributed by atoms with E-state index in [4.69, 9.17) is 4.74 Å². The number of carbonyl (C=O) groups excluding carboxylic acids is 1. The highest BCUT2D eigenvalue weighted by Crippen LogP contribution is 2.27. The zero-order valence-corrected chi connectivity index (χ0v) is 14.6. The third-order valence-corrected chi connectivity index (χ3v) is 4.43. The largest absolute Gasteiger partial charge is 0.457 e. The SMILES string of the molecule is Cc1cc(NC(=O)[C@H](C)CS(C)(=O)=O)ccc1Oc1ccncc1. The maximum absolute atomic E-state index is 12.1. The second kappa shape index (κ2) is 7.44. The molecule has 0 aliphatic rings. The minimum absolute atomic E-state index is 0.180. The predicted octanol–water partition coefficient (Wildman–Crippen LogP) is 2.80. The maximum Gasteiger partial charge on any atom is 0.228 e. The number of ether oxygens (including phenoxy) is 1. The van der Waals surface area contributed by atoms with Crippen molar-refractivity contribution in [2.75, 3.05) is 17.3 Å². The summed E-state index contributed by atoms with van der Waals surface area (Å²) in [6, 6.07) is 8.76. The zero-order valence-electron chi connectivity index (χ0n) is 13.8. The average molecular weight is 348 g/mol. The first-order valence-corrected chi connectivity index (χ1v) is 9.48. The van der Waals surface area contributed by atoms with Gasteiger partial charge in [0.05, 0.1) is 5.75 Å². The molecular weight excluding hydrogens is 328 g/mol. The summed E-state index contributed by atoms with van der Waals surface area (Å²) in [5, 5.41) is 2.73. The highest BCUT2D eigenvalue weighted by molar-refractivity contribution is 7.90. The maximum atomic E-state index is 12.1. The van der Waals surface area contributed by atoms with Gasteiger partial charge in [-0.15, -0.1) is 0 Å². The van der Waals surface area contributed by atoms with Crippen molar-refractivity contribution in [1.82, 2.24) is 4.98 Å². The normalized spacial score (nSPS) is 12.5. The Morgan fingerprint density at radius 2 is 1.92 bits per heavy atom. The monoisotopic (exact) mass is 348 g/mol. The summed E-state index contributed by atoms with van der Waals surface area (Å²) in [7, 11) is -3.20. The van der Waals surface area contributed by atoms with Gasteiger partial charge in [-0.25, -0.2) is 8.42 Å². The van der Waals surface area contributed by atoms with Gasteiger partial charge in [-0.1, -0.05) is 6.92 Å². The molecule has 1 heterocycles. The van der Waals surface area contributed by atoms with Gasteiger partial charge in [-0.05, 0) is 42.8 Å². The fourth-order valence-corrected chi connectivity index (χ4v) is 3.23. The van der Waals surface area contributed by atoms with E-state index in [1.165, 1.54) is 0 Å². The predicted molar refractivity (Wildman–Crippen MR) is 93.0 cm³/mol. The van der Waals surface area contributed by atoms with Crippen LogP contribution in [0.4, 0.5) is 5.69 Å². The van der Waals surface area contributed by atoms with Crippen molar-refractivity contribution in [3.63, 3.8) is 0 Å². The zero-order chi connectivity index (χ0) is 17.7. The van der Waals surface area contributed by atoms with E-state index in [0.717, 1.165) is 11.8 Å². The molecule has 0 bridgehead atoms. The molecule has 2 aromatic rings. The highest BCUT2D eigenvalue weighted by Gasteiger charge is 2.18. The van der Waals surface area contributed by atoms with Gasteiger partial charge in [-0.3, -0.25) is 9.78 Å². The number of anilines is 1. The molecule has 0 aliphatic carbocycles. The third-order valence-electron chi connectivity index (χ3n) is 3.32. The molecule has 6 nitrogen and oxygen atoms in total. The van der Waals surface area contributed by atoms with E-state index in [0.29, 0.717) is 17.2 Å². The van der Waals surface area contributed by atoms with E-state index in [-0.39, 0.29) is 11.7 Å². The molecule has 0 unspecified atom stereocenters. The summed E-state index contributed by atoms with van der Waals surface area (Å²) in [4.78, 5) is 16.0. The van der Waals surface area contributed by atoms with E-state index in [1.54, 1.807) is 49.6 Å². The topological polar surface area (TPSA) is 85.4 Å². The number of nitrogens with zero attached hydrogens (tertiary/aromatic N) is 1. The van der Waals surface area contributed by atoms with Crippen LogP contribution in [-0.2, 0) is 14.6 Å². The lowest BCUT2D eigenvalue weighted by Gasteiger charge is -2.13. The Hall–Kier alpha value is -2.41. The molecule has 0 saturated heterocycles. The summed E-state index contributed by atoms with van der Waals surface area (Å²) in [5.41, 5.74) is 1.44. The van der Waals surface area contributed by atoms with Crippen LogP contribution in [0.1, 0.15) is 12.5 Å². The van der Waals surface area contributed by atoms with Crippen molar-refractivity contribution in [2.45, 2.75) is 13.8 Å². The number of aryl methyl sites for hydroxylation is 1. The minimum atomic E-state index is -3.20. The number of pyridine rings is 1. The number of sulfone groups is 1. The van der Waals surface area contributed by atoms with E-state index >= 15 is 0 Å². The number of hydrogen-bond donors (Lipinski definition) is 1. The molecule has 0 saturated carbocycles. The van der Waals surface area contributed by atoms with Gasteiger partial charge in [0.1, 0.15) is 21.3 Å². The summed E-state index contributed by atoms with van der Waals surface area (Å²) in [6.45, 7) is 3.45. The van der Waals surface area contributed by atoms with Crippen LogP contribution in [0.2, 0.25) is 0 Å². The second-order valence-corrected chi connectivity index (χ2v) is 7.93. The Labute approximate surface area is 141 Å². The lowest BCUT2D eigenvalue weighted by atomic mass is 10.1. The Balaban J connectivity index is 2.05. The Bertz CT molecular complexity index is 820. The van der Waals surface area contributed by atoms with E-state index in [1.807, 2.05) is 6.92 Å². The first-order valence-electron chi connectivity index (χ1n) is 7.42. The van der Waals surface area contributed by atoms with Gasteiger partial charge in [0.25, 0.3) is 0 Å². The number of aromatic nitrogens is 1. The first-order chi connectivity index (χ1) is 11.2. The highest BCUT2D eigenvalue weighted by atomic mass is 32.2. The molecular formula is C17H20N2O4S. The van der Waals surface area contributed by atoms with Crippen LogP contribution in [-0.4, -0.2) is 31.3 Å². The van der Waals surface area contributed by atoms with Gasteiger partial charge in [0.2, 0.25) is 5.91 Å². The van der Waals surface area contributed by atoms with Crippen LogP contribution in [0.15, 0.2) is 42.7 Å². The number of hydrogen-bond acceptors (Lipinski definition) is 5. The fourth-order valence-electron chi connectivity index (χ4n) is 2.17. The third kappa shape index (κ3) is 5.34. The van der Waals surface area contributed by atoms with Crippen LogP contribution < -0.4 is 10.1 Å². The van der Waals surface area contributed by atoms with Crippen LogP contribution in [0.3, 0.4) is 0 Å². The Kier molecular flexibility index (Phi) is 5.56. The summed E-state index contributed by atoms with van der Waals surface area (Å²) in [5.74, 6) is 0.215. The van der Waals surface area contributed by atoms with Crippen molar-refractivity contribution >= 4 is 21.4 Å². The molecule has 1 aromatic carbocycles. The Morgan fingerprint density at radius 3 is 2.50 bits per heavy atom. The summed E-state index contributed by atoms with van der Waals surface area (Å²) >= 11 is 0. The van der Waals surface area contributed by atoms with Gasteiger partial charge >= 0.3 is 0 Å². The molecule has 0 fully saturated rings. The molecule has 24 heavy (non-hydrogen) atoms. The second-order valence-electron chi connectivity index (χ2n) is 5.75. The Morgan fingerprint density at radius 1 is 1.25 bits per heavy atom. The number of rotatable bonds is 6. The molecule has 0 radical (unpaired) electrons. The van der Waals surface area contributed by atoms with E-state index in [9.17, 15) is 13.2 Å². The van der Waals surface area contributed by atoms with Gasteiger partial charge in [0, 0.05) is 30.3 Å². The van der Waals surface area contributed by atoms with Crippen molar-refractivity contribution in [3.05, 3.63) is 48.3 Å². The number of carbonyl (C=O) groups is 1. The molecule has 128 valence electrons. The fraction of sp³-hybridized carbons (Fsp3) is 0.294. The molecule has 1 aromatic heterocycles. The van der Waals surface area contributed by atoms with E-state index < -0.39 is 15.8 Å². The standard InChI is InChI=1S/C17H20N2O4S/c1-12-10-14(19-17(20)13(2)11-24(3,21)22)4-5-16(12)23-15-6-8-18-9-7-15/h4-10,13H,11H2,1-3H3,(H,19,20)/t13-/m1/s1. The lowest BCUT2D eigenvalue weighted by molar-refractivity contribution is -0.118. The van der Waals surface area contributed by atoms with Gasteiger partial charge in [-0.2, -0.15) is 0 Å². The van der Waals surface area contributed by atoms with E-state index in [2.05, 4.69) is 10.3 Å². The van der Waals surface area contributed by atoms with Gasteiger partial charge in [0.15, 0.2) is 0 Å².